The maximum Gasteiger partial charge on any atom is 0.407 e. The maximum atomic E-state index is 12.0. The molecular weight excluding hydrogens is 828 g/mol. The van der Waals surface area contributed by atoms with Gasteiger partial charge in [0, 0.05) is 32.4 Å². The number of carbonyl (C=O) groups is 7. The summed E-state index contributed by atoms with van der Waals surface area (Å²) >= 11 is 0. The van der Waals surface area contributed by atoms with Gasteiger partial charge in [-0.2, -0.15) is 0 Å². The van der Waals surface area contributed by atoms with E-state index in [2.05, 4.69) is 21.1 Å². The third kappa shape index (κ3) is 33.7. The van der Waals surface area contributed by atoms with Crippen molar-refractivity contribution in [2.24, 2.45) is 11.5 Å². The summed E-state index contributed by atoms with van der Waals surface area (Å²) in [6.07, 6.45) is -15.7. The summed E-state index contributed by atoms with van der Waals surface area (Å²) < 4.78 is 19.3. The summed E-state index contributed by atoms with van der Waals surface area (Å²) in [5, 5.41) is 81.1. The van der Waals surface area contributed by atoms with Gasteiger partial charge in [0.25, 0.3) is 5.91 Å². The van der Waals surface area contributed by atoms with Gasteiger partial charge in [-0.1, -0.05) is 0 Å². The molecule has 0 aliphatic rings. The van der Waals surface area contributed by atoms with E-state index in [1.165, 1.54) is 7.05 Å². The Hall–Kier alpha value is -3.91. The van der Waals surface area contributed by atoms with E-state index in [4.69, 9.17) is 30.2 Å². The first kappa shape index (κ1) is 64.7. The van der Waals surface area contributed by atoms with Gasteiger partial charge < -0.3 is 81.9 Å². The second-order valence-corrected chi connectivity index (χ2v) is 16.3. The van der Waals surface area contributed by atoms with E-state index in [1.807, 2.05) is 20.8 Å². The van der Waals surface area contributed by atoms with Crippen molar-refractivity contribution in [3.8, 4) is 0 Å². The van der Waals surface area contributed by atoms with Crippen LogP contribution in [0.3, 0.4) is 0 Å². The lowest BCUT2D eigenvalue weighted by Crippen LogP contribution is -2.52. The van der Waals surface area contributed by atoms with Gasteiger partial charge in [0.1, 0.15) is 53.4 Å². The van der Waals surface area contributed by atoms with E-state index in [0.29, 0.717) is 19.4 Å². The Morgan fingerprint density at radius 1 is 0.532 bits per heavy atom. The number of nitrogens with one attached hydrogen (secondary N) is 2. The van der Waals surface area contributed by atoms with Crippen LogP contribution in [0.4, 0.5) is 4.79 Å². The molecule has 0 saturated heterocycles. The Labute approximate surface area is 363 Å². The molecule has 0 unspecified atom stereocenters. The van der Waals surface area contributed by atoms with Crippen molar-refractivity contribution in [2.75, 3.05) is 33.8 Å². The van der Waals surface area contributed by atoms with E-state index >= 15 is 0 Å². The Morgan fingerprint density at radius 3 is 1.31 bits per heavy atom. The molecule has 0 radical (unpaired) electrons. The SMILES string of the molecule is CC(C)(C)OC(=O)CCCN.CC(C)(C)OC(=O)CCCNC(=O)[C@@H](O)[C@H](O)[C@H](O)[C@@H](O)C(=O)CCCNC(=O)OC(C)(C)C.CN.COC(=O)[C@@H](O)[C@H](O)[C@H](O)[C@@H](O)C(C)=O. The van der Waals surface area contributed by atoms with Crippen molar-refractivity contribution in [2.45, 2.75) is 173 Å². The van der Waals surface area contributed by atoms with Gasteiger partial charge in [0.15, 0.2) is 23.8 Å². The average molecular weight is 905 g/mol. The van der Waals surface area contributed by atoms with Crippen LogP contribution in [0, 0.1) is 0 Å². The Bertz CT molecular complexity index is 1270. The van der Waals surface area contributed by atoms with Crippen LogP contribution < -0.4 is 22.1 Å². The first-order valence-electron chi connectivity index (χ1n) is 19.7. The van der Waals surface area contributed by atoms with Crippen LogP contribution in [0.25, 0.3) is 0 Å². The number of carbonyl (C=O) groups excluding carboxylic acids is 7. The topological polar surface area (TPSA) is 394 Å². The number of amides is 2. The van der Waals surface area contributed by atoms with E-state index in [0.717, 1.165) is 14.0 Å². The summed E-state index contributed by atoms with van der Waals surface area (Å²) in [4.78, 5) is 79.5. The number of ketones is 2. The Morgan fingerprint density at radius 2 is 0.903 bits per heavy atom. The molecule has 62 heavy (non-hydrogen) atoms. The van der Waals surface area contributed by atoms with E-state index in [-0.39, 0.29) is 50.3 Å². The summed E-state index contributed by atoms with van der Waals surface area (Å²) in [5.41, 5.74) is 8.05. The zero-order valence-corrected chi connectivity index (χ0v) is 38.2. The Balaban J connectivity index is -0.000000490. The van der Waals surface area contributed by atoms with Crippen LogP contribution in [-0.2, 0) is 47.7 Å². The highest BCUT2D eigenvalue weighted by molar-refractivity contribution is 5.84. The van der Waals surface area contributed by atoms with Crippen LogP contribution in [0.2, 0.25) is 0 Å². The number of hydrogen-bond donors (Lipinski definition) is 12. The summed E-state index contributed by atoms with van der Waals surface area (Å²) in [6, 6.07) is 0. The fourth-order valence-corrected chi connectivity index (χ4v) is 4.09. The van der Waals surface area contributed by atoms with Crippen LogP contribution in [0.1, 0.15) is 108 Å². The summed E-state index contributed by atoms with van der Waals surface area (Å²) in [5.74, 6) is -4.47. The molecule has 14 N–H and O–H groups in total. The molecule has 8 atom stereocenters. The fraction of sp³-hybridized carbons (Fsp3) is 0.821. The molecule has 0 saturated carbocycles. The number of ether oxygens (including phenoxy) is 4. The number of esters is 3. The minimum atomic E-state index is -2.13. The standard InChI is InChI=1S/C22H40N2O10.C8H17NO2.C8H14O7.CH5N/c1-21(2,3)33-14(26)10-8-11-23-19(31)18(30)17(29)16(28)15(27)13(25)9-7-12-24-20(32)34-22(4,5)6;1-8(2,3)11-7(10)5-4-6-9;1-3(9)4(10)5(11)6(12)7(13)8(14)15-2;1-2/h15-18,27-30H,7-12H2,1-6H3,(H,23,31)(H,24,32);4-6,9H2,1-3H3;4-7,10-13H,1-2H3;2H2,1H3/t15-,16+,17+,18-;;4-,5+,6+,7-;/m0.0./s1. The molecular formula is C39H76N4O19. The molecule has 2 amide bonds. The highest BCUT2D eigenvalue weighted by atomic mass is 16.6. The van der Waals surface area contributed by atoms with Crippen molar-refractivity contribution in [3.05, 3.63) is 0 Å². The number of aliphatic hydroxyl groups excluding tert-OH is 8. The zero-order chi connectivity index (χ0) is 49.8. The molecule has 0 spiro atoms. The highest BCUT2D eigenvalue weighted by Crippen LogP contribution is 2.12. The number of rotatable bonds is 21. The van der Waals surface area contributed by atoms with Gasteiger partial charge in [-0.15, -0.1) is 0 Å². The molecule has 0 aromatic rings. The molecule has 0 aliphatic carbocycles. The number of hydrogen-bond acceptors (Lipinski definition) is 21. The van der Waals surface area contributed by atoms with Crippen molar-refractivity contribution >= 4 is 41.5 Å². The molecule has 366 valence electrons. The third-order valence-corrected chi connectivity index (χ3v) is 7.00. The number of nitrogens with two attached hydrogens (primary N) is 2. The monoisotopic (exact) mass is 905 g/mol. The zero-order valence-electron chi connectivity index (χ0n) is 38.2. The molecule has 0 aromatic heterocycles. The predicted octanol–water partition coefficient (Wildman–Crippen LogP) is -2.62. The molecule has 0 fully saturated rings. The van der Waals surface area contributed by atoms with Crippen molar-refractivity contribution < 1.29 is 93.4 Å². The van der Waals surface area contributed by atoms with Crippen molar-refractivity contribution in [1.29, 1.82) is 0 Å². The van der Waals surface area contributed by atoms with Gasteiger partial charge in [-0.3, -0.25) is 24.0 Å². The second-order valence-electron chi connectivity index (χ2n) is 16.3. The second kappa shape index (κ2) is 32.7. The van der Waals surface area contributed by atoms with Gasteiger partial charge >= 0.3 is 24.0 Å². The smallest absolute Gasteiger partial charge is 0.407 e. The lowest BCUT2D eigenvalue weighted by atomic mass is 9.97. The van der Waals surface area contributed by atoms with Crippen LogP contribution in [-0.4, -0.2) is 182 Å². The van der Waals surface area contributed by atoms with Crippen molar-refractivity contribution in [3.63, 3.8) is 0 Å². The lowest BCUT2D eigenvalue weighted by molar-refractivity contribution is -0.168. The molecule has 0 bridgehead atoms. The molecule has 0 heterocycles. The third-order valence-electron chi connectivity index (χ3n) is 7.00. The quantitative estimate of drug-likeness (QED) is 0.0319. The number of aliphatic hydroxyl groups is 8. The van der Waals surface area contributed by atoms with Gasteiger partial charge in [-0.05, 0) is 102 Å². The minimum Gasteiger partial charge on any atom is -0.467 e. The first-order valence-corrected chi connectivity index (χ1v) is 19.7. The summed E-state index contributed by atoms with van der Waals surface area (Å²) in [6.45, 7) is 17.4. The highest BCUT2D eigenvalue weighted by Gasteiger charge is 2.38. The van der Waals surface area contributed by atoms with Crippen LogP contribution in [0.15, 0.2) is 0 Å². The fourth-order valence-electron chi connectivity index (χ4n) is 4.09. The van der Waals surface area contributed by atoms with Gasteiger partial charge in [0.2, 0.25) is 0 Å². The molecule has 0 aliphatic heterocycles. The number of alkyl carbamates (subject to hydrolysis) is 1. The van der Waals surface area contributed by atoms with E-state index in [1.54, 1.807) is 41.5 Å². The summed E-state index contributed by atoms with van der Waals surface area (Å²) in [7, 11) is 2.48. The largest absolute Gasteiger partial charge is 0.467 e. The maximum absolute atomic E-state index is 12.0. The number of methoxy groups -OCH3 is 1. The Kier molecular flexibility index (Phi) is 34.2. The lowest BCUT2D eigenvalue weighted by Gasteiger charge is -2.25. The first-order chi connectivity index (χ1) is 28.2. The molecule has 0 rings (SSSR count). The van der Waals surface area contributed by atoms with Crippen LogP contribution >= 0.6 is 0 Å². The molecule has 0 aromatic carbocycles. The van der Waals surface area contributed by atoms with Crippen molar-refractivity contribution in [1.82, 2.24) is 10.6 Å². The van der Waals surface area contributed by atoms with Crippen LogP contribution in [0.5, 0.6) is 0 Å². The predicted molar refractivity (Wildman–Crippen MR) is 222 cm³/mol. The van der Waals surface area contributed by atoms with Gasteiger partial charge in [-0.25, -0.2) is 9.59 Å². The number of Topliss-reactive ketones (excluding diaryl/α,β-unsaturated/α-hetero) is 2. The van der Waals surface area contributed by atoms with E-state index < -0.39 is 95.5 Å². The average Bonchev–Trinajstić information content (AvgIpc) is 3.16. The molecule has 23 nitrogen and oxygen atoms in total. The normalized spacial score (nSPS) is 15.1. The molecule has 23 heteroatoms. The van der Waals surface area contributed by atoms with E-state index in [9.17, 15) is 64.2 Å². The van der Waals surface area contributed by atoms with Gasteiger partial charge in [0.05, 0.1) is 7.11 Å². The minimum absolute atomic E-state index is 0.00984.